The van der Waals surface area contributed by atoms with Gasteiger partial charge in [0.2, 0.25) is 21.7 Å². The molecule has 0 amide bonds. The number of benzene rings is 1. The Morgan fingerprint density at radius 3 is 2.39 bits per heavy atom. The van der Waals surface area contributed by atoms with Gasteiger partial charge in [0.15, 0.2) is 5.65 Å². The number of aryl methyl sites for hydroxylation is 3. The molecule has 1 unspecified atom stereocenters. The van der Waals surface area contributed by atoms with Gasteiger partial charge in [-0.15, -0.1) is 10.2 Å². The van der Waals surface area contributed by atoms with Crippen molar-refractivity contribution in [2.75, 3.05) is 64.5 Å². The maximum atomic E-state index is 14.7. The SMILES string of the molecule is Cc1ccc([C@H](c2ccn3c(C(F)(F)F)nnc3c2C)C(C)(C)C(=O)O)cc1CN1CCCOCCOc2nc(NC(C)CN3CCOCC3)c(C)cc2S1(=O)=O. The van der Waals surface area contributed by atoms with Crippen LogP contribution in [0.15, 0.2) is 41.4 Å². The fourth-order valence-corrected chi connectivity index (χ4v) is 9.07. The first-order valence-electron chi connectivity index (χ1n) is 18.9. The highest BCUT2D eigenvalue weighted by Crippen LogP contribution is 2.44. The van der Waals surface area contributed by atoms with E-state index in [1.807, 2.05) is 13.8 Å². The largest absolute Gasteiger partial charge is 0.481 e. The number of pyridine rings is 2. The van der Waals surface area contributed by atoms with Crippen LogP contribution in [0.5, 0.6) is 5.88 Å². The number of nitrogens with one attached hydrogen (secondary N) is 1. The number of hydrogen-bond acceptors (Lipinski definition) is 11. The maximum Gasteiger partial charge on any atom is 0.452 e. The number of rotatable bonds is 10. The number of ether oxygens (including phenoxy) is 3. The van der Waals surface area contributed by atoms with Crippen LogP contribution < -0.4 is 10.1 Å². The minimum absolute atomic E-state index is 0.00358. The second-order valence-corrected chi connectivity index (χ2v) is 17.2. The molecule has 3 aromatic heterocycles. The first-order chi connectivity index (χ1) is 26.9. The average molecular weight is 818 g/mol. The van der Waals surface area contributed by atoms with E-state index in [0.29, 0.717) is 59.9 Å². The van der Waals surface area contributed by atoms with Crippen LogP contribution in [0.2, 0.25) is 0 Å². The van der Waals surface area contributed by atoms with Gasteiger partial charge in [0.1, 0.15) is 17.3 Å². The van der Waals surface area contributed by atoms with E-state index in [-0.39, 0.29) is 48.8 Å². The third-order valence-corrected chi connectivity index (χ3v) is 12.5. The van der Waals surface area contributed by atoms with E-state index in [4.69, 9.17) is 19.2 Å². The summed E-state index contributed by atoms with van der Waals surface area (Å²) < 4.78 is 89.9. The van der Waals surface area contributed by atoms with Crippen molar-refractivity contribution in [3.8, 4) is 5.88 Å². The minimum atomic E-state index is -4.75. The van der Waals surface area contributed by atoms with Gasteiger partial charge in [-0.05, 0) is 93.5 Å². The molecule has 0 saturated carbocycles. The van der Waals surface area contributed by atoms with Gasteiger partial charge in [0.05, 0.1) is 25.2 Å². The van der Waals surface area contributed by atoms with Crippen LogP contribution in [-0.2, 0) is 37.0 Å². The van der Waals surface area contributed by atoms with E-state index in [2.05, 4.69) is 20.4 Å². The van der Waals surface area contributed by atoms with Crippen LogP contribution in [0.3, 0.4) is 0 Å². The Kier molecular flexibility index (Phi) is 12.5. The lowest BCUT2D eigenvalue weighted by atomic mass is 9.70. The summed E-state index contributed by atoms with van der Waals surface area (Å²) in [6, 6.07) is 8.38. The Labute approximate surface area is 330 Å². The van der Waals surface area contributed by atoms with Crippen LogP contribution in [0.4, 0.5) is 19.0 Å². The molecular formula is C39H50F3N7O7S. The summed E-state index contributed by atoms with van der Waals surface area (Å²) in [5.41, 5.74) is 1.79. The topological polar surface area (TPSA) is 161 Å². The molecule has 0 spiro atoms. The Morgan fingerprint density at radius 2 is 1.68 bits per heavy atom. The van der Waals surface area contributed by atoms with Gasteiger partial charge in [-0.3, -0.25) is 14.1 Å². The van der Waals surface area contributed by atoms with Crippen LogP contribution in [0.25, 0.3) is 5.65 Å². The van der Waals surface area contributed by atoms with Crippen molar-refractivity contribution < 1.29 is 45.7 Å². The summed E-state index contributed by atoms with van der Waals surface area (Å²) in [4.78, 5) is 19.8. The molecule has 0 aliphatic carbocycles. The molecule has 4 aromatic rings. The number of morpholine rings is 1. The maximum absolute atomic E-state index is 14.7. The van der Waals surface area contributed by atoms with E-state index in [1.54, 1.807) is 52.0 Å². The van der Waals surface area contributed by atoms with Crippen molar-refractivity contribution in [3.63, 3.8) is 0 Å². The van der Waals surface area contributed by atoms with Crippen molar-refractivity contribution >= 4 is 27.5 Å². The number of aromatic nitrogens is 4. The summed E-state index contributed by atoms with van der Waals surface area (Å²) >= 11 is 0. The first-order valence-corrected chi connectivity index (χ1v) is 20.4. The number of aliphatic carboxylic acids is 1. The summed E-state index contributed by atoms with van der Waals surface area (Å²) in [5, 5.41) is 21.1. The fourth-order valence-electron chi connectivity index (χ4n) is 7.46. The number of halogens is 3. The van der Waals surface area contributed by atoms with Crippen molar-refractivity contribution in [2.24, 2.45) is 5.41 Å². The van der Waals surface area contributed by atoms with Crippen LogP contribution in [-0.4, -0.2) is 114 Å². The zero-order valence-corrected chi connectivity index (χ0v) is 33.8. The molecule has 1 saturated heterocycles. The Bertz CT molecular complexity index is 2210. The molecule has 0 radical (unpaired) electrons. The summed E-state index contributed by atoms with van der Waals surface area (Å²) in [7, 11) is -4.24. The van der Waals surface area contributed by atoms with E-state index in [1.165, 1.54) is 16.6 Å². The van der Waals surface area contributed by atoms with E-state index in [0.717, 1.165) is 29.6 Å². The smallest absolute Gasteiger partial charge is 0.452 e. The number of carboxylic acid groups (broad SMARTS) is 1. The molecule has 2 N–H and O–H groups in total. The van der Waals surface area contributed by atoms with Crippen LogP contribution in [0.1, 0.15) is 72.3 Å². The molecule has 57 heavy (non-hydrogen) atoms. The van der Waals surface area contributed by atoms with E-state index in [9.17, 15) is 31.5 Å². The molecule has 0 bridgehead atoms. The zero-order chi connectivity index (χ0) is 41.3. The summed E-state index contributed by atoms with van der Waals surface area (Å²) in [6.45, 7) is 14.8. The molecule has 6 rings (SSSR count). The Morgan fingerprint density at radius 1 is 0.965 bits per heavy atom. The lowest BCUT2D eigenvalue weighted by molar-refractivity contribution is -0.147. The van der Waals surface area contributed by atoms with Crippen molar-refractivity contribution in [1.29, 1.82) is 0 Å². The molecule has 14 nitrogen and oxygen atoms in total. The van der Waals surface area contributed by atoms with Gasteiger partial charge in [-0.1, -0.05) is 18.2 Å². The van der Waals surface area contributed by atoms with E-state index < -0.39 is 39.3 Å². The number of hydrogen-bond donors (Lipinski definition) is 2. The molecule has 310 valence electrons. The minimum Gasteiger partial charge on any atom is -0.481 e. The number of sulfonamides is 1. The first kappa shape index (κ1) is 42.3. The zero-order valence-electron chi connectivity index (χ0n) is 33.0. The molecule has 2 atom stereocenters. The van der Waals surface area contributed by atoms with Gasteiger partial charge in [0, 0.05) is 57.5 Å². The molecular weight excluding hydrogens is 768 g/mol. The Hall–Kier alpha value is -4.36. The number of anilines is 1. The van der Waals surface area contributed by atoms with Crippen molar-refractivity contribution in [3.05, 3.63) is 75.7 Å². The Balaban J connectivity index is 1.37. The van der Waals surface area contributed by atoms with Crippen LogP contribution in [0, 0.1) is 26.2 Å². The third kappa shape index (κ3) is 9.04. The monoisotopic (exact) mass is 817 g/mol. The molecule has 2 aliphatic rings. The lowest BCUT2D eigenvalue weighted by Gasteiger charge is -2.33. The van der Waals surface area contributed by atoms with Gasteiger partial charge < -0.3 is 24.6 Å². The number of alkyl halides is 3. The predicted molar refractivity (Wildman–Crippen MR) is 205 cm³/mol. The number of nitrogens with zero attached hydrogens (tertiary/aromatic N) is 6. The van der Waals surface area contributed by atoms with Gasteiger partial charge >= 0.3 is 12.1 Å². The van der Waals surface area contributed by atoms with Gasteiger partial charge in [-0.25, -0.2) is 8.42 Å². The second-order valence-electron chi connectivity index (χ2n) is 15.3. The molecule has 2 aliphatic heterocycles. The third-order valence-electron chi connectivity index (χ3n) is 10.7. The molecule has 1 fully saturated rings. The summed E-state index contributed by atoms with van der Waals surface area (Å²) in [5.74, 6) is -2.74. The highest BCUT2D eigenvalue weighted by atomic mass is 32.2. The van der Waals surface area contributed by atoms with Crippen LogP contribution >= 0.6 is 0 Å². The highest BCUT2D eigenvalue weighted by molar-refractivity contribution is 7.89. The number of fused-ring (bicyclic) bond motifs is 2. The fraction of sp³-hybridized carbons (Fsp3) is 0.538. The van der Waals surface area contributed by atoms with Gasteiger partial charge in [0.25, 0.3) is 0 Å². The summed E-state index contributed by atoms with van der Waals surface area (Å²) in [6.07, 6.45) is -3.16. The lowest BCUT2D eigenvalue weighted by Crippen LogP contribution is -2.42. The van der Waals surface area contributed by atoms with E-state index >= 15 is 0 Å². The number of carboxylic acids is 1. The van der Waals surface area contributed by atoms with Crippen molar-refractivity contribution in [1.82, 2.24) is 28.8 Å². The quantitative estimate of drug-likeness (QED) is 0.209. The molecule has 1 aromatic carbocycles. The van der Waals surface area contributed by atoms with Crippen molar-refractivity contribution in [2.45, 2.75) is 77.5 Å². The molecule has 5 heterocycles. The predicted octanol–water partition coefficient (Wildman–Crippen LogP) is 5.43. The highest BCUT2D eigenvalue weighted by Gasteiger charge is 2.42. The standard InChI is InChI=1S/C39H50F3N7O7S/c1-24-8-9-28(32(38(5,6)37(50)51)30-10-12-49-34(27(30)4)45-46-36(49)39(40,41)42)21-29(24)23-48-11-7-15-54-18-19-56-35-31(57(48,52)53)20-25(2)33(44-35)43-26(3)22-47-13-16-55-17-14-47/h8-10,12,20-21,26,32H,7,11,13-19,22-23H2,1-6H3,(H,43,44)(H,50,51)/t26?,32-/m1/s1. The second kappa shape index (κ2) is 16.9. The number of carbonyl (C=O) groups is 1. The van der Waals surface area contributed by atoms with Gasteiger partial charge in [-0.2, -0.15) is 22.5 Å². The average Bonchev–Trinajstić information content (AvgIpc) is 3.59. The molecule has 18 heteroatoms. The normalized spacial score (nSPS) is 18.6.